The Hall–Kier alpha value is -4.04. The van der Waals surface area contributed by atoms with E-state index in [-0.39, 0.29) is 5.92 Å². The minimum atomic E-state index is -0.761. The molecule has 1 aliphatic rings. The number of thiazole rings is 1. The van der Waals surface area contributed by atoms with E-state index in [1.807, 2.05) is 4.90 Å². The maximum Gasteiger partial charge on any atom is 0.306 e. The number of piperidine rings is 1. The Morgan fingerprint density at radius 1 is 1.21 bits per heavy atom. The predicted octanol–water partition coefficient (Wildman–Crippen LogP) is 3.03. The van der Waals surface area contributed by atoms with Crippen molar-refractivity contribution in [1.82, 2.24) is 15.0 Å². The van der Waals surface area contributed by atoms with Crippen molar-refractivity contribution in [2.45, 2.75) is 12.8 Å². The van der Waals surface area contributed by atoms with Gasteiger partial charge in [-0.15, -0.1) is 0 Å². The molecule has 168 valence electrons. The lowest BCUT2D eigenvalue weighted by molar-refractivity contribution is -0.142. The molecule has 0 aliphatic carbocycles. The van der Waals surface area contributed by atoms with Gasteiger partial charge in [0, 0.05) is 37.1 Å². The van der Waals surface area contributed by atoms with E-state index in [2.05, 4.69) is 26.3 Å². The van der Waals surface area contributed by atoms with Crippen LogP contribution in [0.15, 0.2) is 36.7 Å². The van der Waals surface area contributed by atoms with E-state index in [9.17, 15) is 14.9 Å². The smallest absolute Gasteiger partial charge is 0.306 e. The Labute approximate surface area is 193 Å². The third-order valence-electron chi connectivity index (χ3n) is 5.35. The van der Waals surface area contributed by atoms with Gasteiger partial charge in [-0.25, -0.2) is 15.0 Å². The Bertz CT molecular complexity index is 1200. The topological polar surface area (TPSA) is 141 Å². The van der Waals surface area contributed by atoms with E-state index in [0.717, 1.165) is 11.3 Å². The number of aliphatic carboxylic acids is 1. The number of nitrogens with zero attached hydrogens (tertiary/aromatic N) is 5. The van der Waals surface area contributed by atoms with E-state index in [1.54, 1.807) is 30.5 Å². The van der Waals surface area contributed by atoms with Crippen LogP contribution in [0.1, 0.15) is 28.1 Å². The lowest BCUT2D eigenvalue weighted by Crippen LogP contribution is -2.36. The summed E-state index contributed by atoms with van der Waals surface area (Å²) < 4.78 is 5.05. The number of carboxylic acid groups (broad SMARTS) is 1. The van der Waals surface area contributed by atoms with Gasteiger partial charge in [0.15, 0.2) is 5.13 Å². The SMILES string of the molecule is COc1ccc(-c2nc(NC(=O)c3ccc(N4CCC(C(=O)O)CC4)nc3)sc2C#N)cn1. The number of amides is 1. The number of aromatic nitrogens is 3. The molecule has 0 aromatic carbocycles. The molecule has 1 amide bonds. The first-order chi connectivity index (χ1) is 16.0. The summed E-state index contributed by atoms with van der Waals surface area (Å²) in [6, 6.07) is 8.92. The van der Waals surface area contributed by atoms with Gasteiger partial charge in [0.2, 0.25) is 5.88 Å². The van der Waals surface area contributed by atoms with E-state index in [4.69, 9.17) is 9.84 Å². The van der Waals surface area contributed by atoms with Gasteiger partial charge < -0.3 is 14.7 Å². The zero-order valence-electron chi connectivity index (χ0n) is 17.7. The number of pyridine rings is 2. The van der Waals surface area contributed by atoms with Crippen LogP contribution in [0.25, 0.3) is 11.3 Å². The Balaban J connectivity index is 1.43. The molecule has 0 saturated carbocycles. The van der Waals surface area contributed by atoms with Crippen molar-refractivity contribution >= 4 is 34.2 Å². The number of carbonyl (C=O) groups excluding carboxylic acids is 1. The zero-order chi connectivity index (χ0) is 23.4. The maximum absolute atomic E-state index is 12.7. The number of rotatable bonds is 6. The Kier molecular flexibility index (Phi) is 6.46. The van der Waals surface area contributed by atoms with Crippen molar-refractivity contribution < 1.29 is 19.4 Å². The highest BCUT2D eigenvalue weighted by Gasteiger charge is 2.25. The van der Waals surface area contributed by atoms with Gasteiger partial charge in [-0.3, -0.25) is 14.9 Å². The fourth-order valence-corrected chi connectivity index (χ4v) is 4.30. The van der Waals surface area contributed by atoms with Crippen LogP contribution in [0.4, 0.5) is 10.9 Å². The quantitative estimate of drug-likeness (QED) is 0.563. The Morgan fingerprint density at radius 2 is 2.00 bits per heavy atom. The monoisotopic (exact) mass is 464 g/mol. The second-order valence-corrected chi connectivity index (χ2v) is 8.36. The highest BCUT2D eigenvalue weighted by molar-refractivity contribution is 7.16. The van der Waals surface area contributed by atoms with Crippen molar-refractivity contribution in [2.75, 3.05) is 30.4 Å². The second-order valence-electron chi connectivity index (χ2n) is 7.36. The van der Waals surface area contributed by atoms with Crippen molar-refractivity contribution in [3.8, 4) is 23.2 Å². The summed E-state index contributed by atoms with van der Waals surface area (Å²) in [5.74, 6) is -0.325. The molecule has 0 spiro atoms. The normalized spacial score (nSPS) is 13.9. The van der Waals surface area contributed by atoms with Crippen LogP contribution in [-0.2, 0) is 4.79 Å². The first-order valence-corrected chi connectivity index (χ1v) is 11.0. The first-order valence-electron chi connectivity index (χ1n) is 10.1. The van der Waals surface area contributed by atoms with E-state index in [1.165, 1.54) is 13.3 Å². The molecule has 2 N–H and O–H groups in total. The summed E-state index contributed by atoms with van der Waals surface area (Å²) in [5.41, 5.74) is 1.42. The summed E-state index contributed by atoms with van der Waals surface area (Å²) in [5, 5.41) is 21.6. The molecule has 0 bridgehead atoms. The van der Waals surface area contributed by atoms with Crippen molar-refractivity contribution in [3.63, 3.8) is 0 Å². The molecule has 4 rings (SSSR count). The summed E-state index contributed by atoms with van der Waals surface area (Å²) in [6.45, 7) is 1.21. The average Bonchev–Trinajstić information content (AvgIpc) is 3.27. The van der Waals surface area contributed by atoms with Crippen LogP contribution < -0.4 is 15.0 Å². The summed E-state index contributed by atoms with van der Waals surface area (Å²) in [7, 11) is 1.52. The van der Waals surface area contributed by atoms with Gasteiger partial charge in [-0.2, -0.15) is 5.26 Å². The molecule has 0 radical (unpaired) electrons. The highest BCUT2D eigenvalue weighted by Crippen LogP contribution is 2.31. The second kappa shape index (κ2) is 9.62. The number of nitrogens with one attached hydrogen (secondary N) is 1. The van der Waals surface area contributed by atoms with E-state index in [0.29, 0.717) is 64.5 Å². The fraction of sp³-hybridized carbons (Fsp3) is 0.273. The minimum Gasteiger partial charge on any atom is -0.481 e. The van der Waals surface area contributed by atoms with Gasteiger partial charge in [0.05, 0.1) is 18.6 Å². The molecular formula is C22H20N6O4S. The van der Waals surface area contributed by atoms with Gasteiger partial charge >= 0.3 is 5.97 Å². The fourth-order valence-electron chi connectivity index (χ4n) is 3.52. The summed E-state index contributed by atoms with van der Waals surface area (Å²) in [6.07, 6.45) is 4.16. The van der Waals surface area contributed by atoms with E-state index >= 15 is 0 Å². The van der Waals surface area contributed by atoms with Crippen LogP contribution in [-0.4, -0.2) is 52.1 Å². The van der Waals surface area contributed by atoms with E-state index < -0.39 is 11.9 Å². The number of nitriles is 1. The molecule has 0 unspecified atom stereocenters. The maximum atomic E-state index is 12.7. The average molecular weight is 465 g/mol. The number of carboxylic acids is 1. The Morgan fingerprint density at radius 3 is 2.58 bits per heavy atom. The largest absolute Gasteiger partial charge is 0.481 e. The number of hydrogen-bond acceptors (Lipinski definition) is 9. The van der Waals surface area contributed by atoms with Gasteiger partial charge in [-0.05, 0) is 31.0 Å². The lowest BCUT2D eigenvalue weighted by Gasteiger charge is -2.30. The standard InChI is InChI=1S/C22H20N6O4S/c1-32-18-5-3-14(11-25-18)19-16(10-23)33-22(26-19)27-20(29)15-2-4-17(24-12-15)28-8-6-13(7-9-28)21(30)31/h2-5,11-13H,6-9H2,1H3,(H,30,31)(H,26,27,29). The molecule has 1 aliphatic heterocycles. The zero-order valence-corrected chi connectivity index (χ0v) is 18.5. The van der Waals surface area contributed by atoms with Gasteiger partial charge in [0.1, 0.15) is 22.5 Å². The molecule has 11 heteroatoms. The molecule has 4 heterocycles. The number of hydrogen-bond donors (Lipinski definition) is 2. The number of methoxy groups -OCH3 is 1. The molecule has 33 heavy (non-hydrogen) atoms. The number of anilines is 2. The molecular weight excluding hydrogens is 444 g/mol. The first kappa shape index (κ1) is 22.2. The molecule has 1 fully saturated rings. The van der Waals surface area contributed by atoms with Crippen LogP contribution in [0.3, 0.4) is 0 Å². The summed E-state index contributed by atoms with van der Waals surface area (Å²) >= 11 is 1.08. The molecule has 0 atom stereocenters. The molecule has 3 aromatic rings. The third-order valence-corrected chi connectivity index (χ3v) is 6.22. The van der Waals surface area contributed by atoms with Gasteiger partial charge in [-0.1, -0.05) is 11.3 Å². The highest BCUT2D eigenvalue weighted by atomic mass is 32.1. The molecule has 3 aromatic heterocycles. The molecule has 10 nitrogen and oxygen atoms in total. The number of carbonyl (C=O) groups is 2. The lowest BCUT2D eigenvalue weighted by atomic mass is 9.97. The van der Waals surface area contributed by atoms with Crippen molar-refractivity contribution in [2.24, 2.45) is 5.92 Å². The van der Waals surface area contributed by atoms with Crippen LogP contribution >= 0.6 is 11.3 Å². The van der Waals surface area contributed by atoms with Crippen LogP contribution in [0.5, 0.6) is 5.88 Å². The third kappa shape index (κ3) is 4.91. The van der Waals surface area contributed by atoms with Crippen LogP contribution in [0, 0.1) is 17.2 Å². The summed E-state index contributed by atoms with van der Waals surface area (Å²) in [4.78, 5) is 39.0. The molecule has 1 saturated heterocycles. The van der Waals surface area contributed by atoms with Crippen molar-refractivity contribution in [1.29, 1.82) is 5.26 Å². The minimum absolute atomic E-state index is 0.294. The number of ether oxygens (including phenoxy) is 1. The van der Waals surface area contributed by atoms with Gasteiger partial charge in [0.25, 0.3) is 5.91 Å². The predicted molar refractivity (Wildman–Crippen MR) is 121 cm³/mol. The van der Waals surface area contributed by atoms with Crippen molar-refractivity contribution in [3.05, 3.63) is 47.1 Å². The van der Waals surface area contributed by atoms with Crippen LogP contribution in [0.2, 0.25) is 0 Å².